The molecular formula is C48H32N2. The van der Waals surface area contributed by atoms with E-state index in [-0.39, 0.29) is 29.7 Å². The van der Waals surface area contributed by atoms with Crippen LogP contribution in [-0.4, -0.2) is 9.97 Å². The summed E-state index contributed by atoms with van der Waals surface area (Å²) in [7, 11) is 0. The average Bonchev–Trinajstić information content (AvgIpc) is 3.70. The highest BCUT2D eigenvalue weighted by Gasteiger charge is 2.51. The summed E-state index contributed by atoms with van der Waals surface area (Å²) >= 11 is 0. The molecule has 0 atom stereocenters. The fourth-order valence-electron chi connectivity index (χ4n) is 8.06. The number of hydrogen-bond acceptors (Lipinski definition) is 2. The van der Waals surface area contributed by atoms with Gasteiger partial charge in [-0.15, -0.1) is 0 Å². The summed E-state index contributed by atoms with van der Waals surface area (Å²) in [6.07, 6.45) is 0. The summed E-state index contributed by atoms with van der Waals surface area (Å²) < 4.78 is 35.1. The molecule has 0 bridgehead atoms. The number of rotatable bonds is 4. The van der Waals surface area contributed by atoms with Crippen molar-refractivity contribution in [2.75, 3.05) is 0 Å². The fraction of sp³-hybridized carbons (Fsp3) is 0.0417. The normalized spacial score (nSPS) is 14.2. The summed E-state index contributed by atoms with van der Waals surface area (Å²) in [5, 5.41) is 0. The zero-order valence-electron chi connectivity index (χ0n) is 31.3. The van der Waals surface area contributed by atoms with Crippen LogP contribution in [0.1, 0.15) is 33.3 Å². The van der Waals surface area contributed by atoms with Crippen LogP contribution in [0.2, 0.25) is 0 Å². The molecule has 0 fully saturated rings. The quantitative estimate of drug-likeness (QED) is 0.191. The van der Waals surface area contributed by atoms with E-state index in [9.17, 15) is 0 Å². The Kier molecular flexibility index (Phi) is 5.48. The van der Waals surface area contributed by atoms with Gasteiger partial charge in [0.15, 0.2) is 5.82 Å². The van der Waals surface area contributed by atoms with E-state index in [1.165, 1.54) is 38.9 Å². The highest BCUT2D eigenvalue weighted by molar-refractivity contribution is 5.96. The van der Waals surface area contributed by atoms with Crippen LogP contribution >= 0.6 is 0 Å². The molecule has 234 valence electrons. The fourth-order valence-corrected chi connectivity index (χ4v) is 8.06. The van der Waals surface area contributed by atoms with Crippen molar-refractivity contribution >= 4 is 0 Å². The topological polar surface area (TPSA) is 25.8 Å². The smallest absolute Gasteiger partial charge is 0.160 e. The van der Waals surface area contributed by atoms with Crippen molar-refractivity contribution in [1.29, 1.82) is 0 Å². The van der Waals surface area contributed by atoms with Gasteiger partial charge in [0.1, 0.15) is 0 Å². The molecule has 0 saturated heterocycles. The monoisotopic (exact) mass is 640 g/mol. The minimum atomic E-state index is -0.461. The van der Waals surface area contributed by atoms with Crippen LogP contribution in [0.25, 0.3) is 67.3 Å². The van der Waals surface area contributed by atoms with Crippen molar-refractivity contribution in [3.63, 3.8) is 0 Å². The number of hydrogen-bond donors (Lipinski definition) is 0. The van der Waals surface area contributed by atoms with Crippen LogP contribution in [0.4, 0.5) is 0 Å². The molecule has 10 rings (SSSR count). The number of nitrogens with zero attached hydrogens (tertiary/aromatic N) is 2. The minimum absolute atomic E-state index is 0.0727. The lowest BCUT2D eigenvalue weighted by atomic mass is 9.70. The molecule has 50 heavy (non-hydrogen) atoms. The molecule has 1 spiro atoms. The van der Waals surface area contributed by atoms with Crippen LogP contribution in [0, 0.1) is 6.92 Å². The maximum Gasteiger partial charge on any atom is 0.160 e. The third kappa shape index (κ3) is 4.22. The largest absolute Gasteiger partial charge is 0.228 e. The summed E-state index contributed by atoms with van der Waals surface area (Å²) in [5.74, 6) is 0.440. The molecule has 0 amide bonds. The van der Waals surface area contributed by atoms with Gasteiger partial charge in [-0.2, -0.15) is 0 Å². The Morgan fingerprint density at radius 1 is 0.400 bits per heavy atom. The lowest BCUT2D eigenvalue weighted by molar-refractivity contribution is 0.794. The van der Waals surface area contributed by atoms with E-state index in [0.717, 1.165) is 27.8 Å². The molecule has 2 nitrogen and oxygen atoms in total. The number of fused-ring (bicyclic) bond motifs is 10. The Hall–Kier alpha value is -6.38. The van der Waals surface area contributed by atoms with Gasteiger partial charge in [0.25, 0.3) is 0 Å². The van der Waals surface area contributed by atoms with E-state index in [1.54, 1.807) is 13.0 Å². The van der Waals surface area contributed by atoms with Gasteiger partial charge < -0.3 is 0 Å². The highest BCUT2D eigenvalue weighted by Crippen LogP contribution is 2.62. The Bertz CT molecular complexity index is 2750. The Balaban J connectivity index is 1.19. The molecule has 0 aliphatic heterocycles. The predicted octanol–water partition coefficient (Wildman–Crippen LogP) is 11.8. The van der Waals surface area contributed by atoms with Gasteiger partial charge in [-0.05, 0) is 74.7 Å². The van der Waals surface area contributed by atoms with Crippen molar-refractivity contribution < 1.29 is 5.48 Å². The molecule has 0 unspecified atom stereocenters. The standard InChI is InChI=1S/C48H32N2/c1-31-19-21-34(22-20-31)45-30-46(50-47(49-45)35-25-23-33(24-26-35)32-11-3-2-4-12-32)36-27-28-44-40(29-36)39-15-7-10-18-43(39)48(44)41-16-8-5-13-37(41)38-14-6-9-17-42(38)48/h2-30H,1H3/i19D,20D,21D,22D. The summed E-state index contributed by atoms with van der Waals surface area (Å²) in [5.41, 5.74) is 14.6. The average molecular weight is 641 g/mol. The molecule has 0 N–H and O–H groups in total. The van der Waals surface area contributed by atoms with Gasteiger partial charge in [-0.3, -0.25) is 0 Å². The zero-order chi connectivity index (χ0) is 36.7. The van der Waals surface area contributed by atoms with Crippen LogP contribution < -0.4 is 0 Å². The van der Waals surface area contributed by atoms with E-state index in [1.807, 2.05) is 42.5 Å². The lowest BCUT2D eigenvalue weighted by Crippen LogP contribution is -2.25. The first-order valence-corrected chi connectivity index (χ1v) is 16.9. The Labute approximate surface area is 298 Å². The van der Waals surface area contributed by atoms with Crippen molar-refractivity contribution in [3.8, 4) is 67.3 Å². The van der Waals surface area contributed by atoms with Gasteiger partial charge in [0.05, 0.1) is 22.3 Å². The summed E-state index contributed by atoms with van der Waals surface area (Å²) in [6.45, 7) is 1.62. The van der Waals surface area contributed by atoms with Crippen molar-refractivity contribution in [2.24, 2.45) is 0 Å². The van der Waals surface area contributed by atoms with Gasteiger partial charge >= 0.3 is 0 Å². The van der Waals surface area contributed by atoms with E-state index in [4.69, 9.17) is 15.5 Å². The third-order valence-corrected chi connectivity index (χ3v) is 10.3. The molecule has 2 heteroatoms. The molecule has 7 aromatic carbocycles. The van der Waals surface area contributed by atoms with E-state index in [2.05, 4.69) is 103 Å². The minimum Gasteiger partial charge on any atom is -0.228 e. The highest BCUT2D eigenvalue weighted by atomic mass is 14.9. The molecule has 0 saturated carbocycles. The van der Waals surface area contributed by atoms with Crippen LogP contribution in [0.15, 0.2) is 176 Å². The second-order valence-corrected chi connectivity index (χ2v) is 13.1. The second kappa shape index (κ2) is 11.1. The van der Waals surface area contributed by atoms with Gasteiger partial charge in [0.2, 0.25) is 0 Å². The van der Waals surface area contributed by atoms with E-state index < -0.39 is 5.41 Å². The van der Waals surface area contributed by atoms with Crippen molar-refractivity contribution in [3.05, 3.63) is 204 Å². The number of benzene rings is 7. The Morgan fingerprint density at radius 2 is 0.860 bits per heavy atom. The van der Waals surface area contributed by atoms with E-state index >= 15 is 0 Å². The van der Waals surface area contributed by atoms with Gasteiger partial charge in [-0.25, -0.2) is 9.97 Å². The maximum atomic E-state index is 8.93. The maximum absolute atomic E-state index is 8.93. The molecule has 8 aromatic rings. The van der Waals surface area contributed by atoms with Gasteiger partial charge in [-0.1, -0.05) is 169 Å². The molecule has 2 aliphatic carbocycles. The summed E-state index contributed by atoms with van der Waals surface area (Å²) in [6, 6.07) is 52.4. The van der Waals surface area contributed by atoms with E-state index in [0.29, 0.717) is 22.8 Å². The predicted molar refractivity (Wildman–Crippen MR) is 205 cm³/mol. The van der Waals surface area contributed by atoms with Crippen LogP contribution in [-0.2, 0) is 5.41 Å². The van der Waals surface area contributed by atoms with Crippen LogP contribution in [0.5, 0.6) is 0 Å². The lowest BCUT2D eigenvalue weighted by Gasteiger charge is -2.30. The van der Waals surface area contributed by atoms with Crippen molar-refractivity contribution in [2.45, 2.75) is 12.3 Å². The van der Waals surface area contributed by atoms with Crippen molar-refractivity contribution in [1.82, 2.24) is 9.97 Å². The Morgan fingerprint density at radius 3 is 1.48 bits per heavy atom. The van der Waals surface area contributed by atoms with Gasteiger partial charge in [0, 0.05) is 16.7 Å². The molecule has 1 heterocycles. The second-order valence-electron chi connectivity index (χ2n) is 13.1. The molecule has 1 aromatic heterocycles. The third-order valence-electron chi connectivity index (χ3n) is 10.3. The van der Waals surface area contributed by atoms with Crippen LogP contribution in [0.3, 0.4) is 0 Å². The summed E-state index contributed by atoms with van der Waals surface area (Å²) in [4.78, 5) is 10.1. The first-order valence-electron chi connectivity index (χ1n) is 18.9. The zero-order valence-corrected chi connectivity index (χ0v) is 27.3. The molecule has 0 radical (unpaired) electrons. The molecule has 2 aliphatic rings. The molecular weight excluding hydrogens is 605 g/mol. The SMILES string of the molecule is [2H]c1c([2H])c(-c2cc(-c3ccc4c(c3)-c3ccccc3C43c4ccccc4-c4ccccc43)nc(-c3ccc(-c4ccccc4)cc3)n2)c([2H])c([2H])c1C. The first kappa shape index (κ1) is 24.7. The number of aromatic nitrogens is 2. The first-order chi connectivity index (χ1) is 26.4.